The van der Waals surface area contributed by atoms with Crippen molar-refractivity contribution in [1.29, 1.82) is 0 Å². The maximum Gasteiger partial charge on any atom is 0.258 e. The van der Waals surface area contributed by atoms with E-state index in [9.17, 15) is 9.18 Å². The monoisotopic (exact) mass is 435 g/mol. The SMILES string of the molecule is O=C(Nc1ccc2nc(N3CCOCC3)sc2c1)c1ccc(Br)cc1F. The standard InChI is InChI=1S/C18H15BrFN3O2S/c19-11-1-3-13(14(20)9-11)17(24)21-12-2-4-15-16(10-12)26-18(22-15)23-5-7-25-8-6-23/h1-4,9-10H,5-8H2,(H,21,24). The number of fused-ring (bicyclic) bond motifs is 1. The largest absolute Gasteiger partial charge is 0.378 e. The van der Waals surface area contributed by atoms with Gasteiger partial charge in [0.05, 0.1) is 29.0 Å². The smallest absolute Gasteiger partial charge is 0.258 e. The highest BCUT2D eigenvalue weighted by Crippen LogP contribution is 2.31. The second kappa shape index (κ2) is 7.30. The molecule has 1 fully saturated rings. The van der Waals surface area contributed by atoms with E-state index in [4.69, 9.17) is 4.74 Å². The second-order valence-corrected chi connectivity index (χ2v) is 7.78. The van der Waals surface area contributed by atoms with Crippen LogP contribution in [0.1, 0.15) is 10.4 Å². The number of amides is 1. The van der Waals surface area contributed by atoms with E-state index < -0.39 is 11.7 Å². The molecule has 26 heavy (non-hydrogen) atoms. The van der Waals surface area contributed by atoms with Gasteiger partial charge >= 0.3 is 0 Å². The average molecular weight is 436 g/mol. The Hall–Kier alpha value is -2.03. The lowest BCUT2D eigenvalue weighted by Crippen LogP contribution is -2.36. The van der Waals surface area contributed by atoms with Crippen LogP contribution in [0.3, 0.4) is 0 Å². The van der Waals surface area contributed by atoms with Gasteiger partial charge in [-0.1, -0.05) is 27.3 Å². The fourth-order valence-electron chi connectivity index (χ4n) is 2.75. The van der Waals surface area contributed by atoms with Crippen LogP contribution in [-0.2, 0) is 4.74 Å². The number of morpholine rings is 1. The van der Waals surface area contributed by atoms with Crippen LogP contribution in [-0.4, -0.2) is 37.2 Å². The summed E-state index contributed by atoms with van der Waals surface area (Å²) in [5.41, 5.74) is 1.50. The van der Waals surface area contributed by atoms with Crippen LogP contribution in [0.5, 0.6) is 0 Å². The molecule has 4 rings (SSSR count). The van der Waals surface area contributed by atoms with Gasteiger partial charge in [0.25, 0.3) is 5.91 Å². The Balaban J connectivity index is 1.56. The predicted molar refractivity (Wildman–Crippen MR) is 105 cm³/mol. The van der Waals surface area contributed by atoms with Crippen molar-refractivity contribution in [3.05, 3.63) is 52.3 Å². The van der Waals surface area contributed by atoms with E-state index in [0.717, 1.165) is 28.4 Å². The van der Waals surface area contributed by atoms with Crippen LogP contribution in [0.15, 0.2) is 40.9 Å². The van der Waals surface area contributed by atoms with Crippen molar-refractivity contribution < 1.29 is 13.9 Å². The fraction of sp³-hybridized carbons (Fsp3) is 0.222. The number of hydrogen-bond acceptors (Lipinski definition) is 5. The minimum Gasteiger partial charge on any atom is -0.378 e. The van der Waals surface area contributed by atoms with Gasteiger partial charge in [0.15, 0.2) is 5.13 Å². The minimum atomic E-state index is -0.564. The molecule has 0 saturated carbocycles. The van der Waals surface area contributed by atoms with Crippen LogP contribution in [0.25, 0.3) is 10.2 Å². The molecule has 3 aromatic rings. The molecule has 0 atom stereocenters. The summed E-state index contributed by atoms with van der Waals surface area (Å²) in [6, 6.07) is 9.88. The van der Waals surface area contributed by atoms with E-state index in [1.165, 1.54) is 12.1 Å². The number of aromatic nitrogens is 1. The molecule has 1 amide bonds. The maximum absolute atomic E-state index is 14.0. The Kier molecular flexibility index (Phi) is 4.88. The molecule has 1 saturated heterocycles. The number of nitrogens with zero attached hydrogens (tertiary/aromatic N) is 2. The molecule has 134 valence electrons. The fourth-order valence-corrected chi connectivity index (χ4v) is 4.14. The first kappa shape index (κ1) is 17.4. The van der Waals surface area contributed by atoms with Gasteiger partial charge in [-0.3, -0.25) is 4.79 Å². The number of anilines is 2. The van der Waals surface area contributed by atoms with E-state index in [2.05, 4.69) is 31.1 Å². The second-order valence-electron chi connectivity index (χ2n) is 5.86. The lowest BCUT2D eigenvalue weighted by Gasteiger charge is -2.25. The number of thiazole rings is 1. The van der Waals surface area contributed by atoms with Crippen molar-refractivity contribution in [2.24, 2.45) is 0 Å². The molecule has 2 aromatic carbocycles. The van der Waals surface area contributed by atoms with Gasteiger partial charge in [0, 0.05) is 23.2 Å². The number of nitrogens with one attached hydrogen (secondary N) is 1. The lowest BCUT2D eigenvalue weighted by atomic mass is 10.2. The molecule has 0 radical (unpaired) electrons. The Bertz CT molecular complexity index is 972. The minimum absolute atomic E-state index is 0.00612. The molecule has 2 heterocycles. The highest BCUT2D eigenvalue weighted by atomic mass is 79.9. The van der Waals surface area contributed by atoms with Crippen molar-refractivity contribution in [3.63, 3.8) is 0 Å². The number of carbonyl (C=O) groups excluding carboxylic acids is 1. The molecular weight excluding hydrogens is 421 g/mol. The molecule has 1 aliphatic heterocycles. The Labute approximate surface area is 161 Å². The normalized spacial score (nSPS) is 14.6. The molecule has 1 aliphatic rings. The average Bonchev–Trinajstić information content (AvgIpc) is 3.05. The molecule has 1 N–H and O–H groups in total. The number of rotatable bonds is 3. The topological polar surface area (TPSA) is 54.5 Å². The summed E-state index contributed by atoms with van der Waals surface area (Å²) in [7, 11) is 0. The molecule has 1 aromatic heterocycles. The van der Waals surface area contributed by atoms with Crippen LogP contribution in [0, 0.1) is 5.82 Å². The van der Waals surface area contributed by atoms with Crippen molar-refractivity contribution in [3.8, 4) is 0 Å². The number of hydrogen-bond donors (Lipinski definition) is 1. The number of benzene rings is 2. The highest BCUT2D eigenvalue weighted by Gasteiger charge is 2.16. The molecule has 0 spiro atoms. The zero-order valence-electron chi connectivity index (χ0n) is 13.7. The molecule has 0 unspecified atom stereocenters. The first-order valence-corrected chi connectivity index (χ1v) is 9.71. The number of ether oxygens (including phenoxy) is 1. The Morgan fingerprint density at radius 2 is 2.04 bits per heavy atom. The van der Waals surface area contributed by atoms with Crippen molar-refractivity contribution in [2.45, 2.75) is 0 Å². The summed E-state index contributed by atoms with van der Waals surface area (Å²) in [5.74, 6) is -1.04. The molecule has 8 heteroatoms. The summed E-state index contributed by atoms with van der Waals surface area (Å²) in [4.78, 5) is 19.2. The van der Waals surface area contributed by atoms with E-state index in [0.29, 0.717) is 23.4 Å². The lowest BCUT2D eigenvalue weighted by molar-refractivity contribution is 0.102. The van der Waals surface area contributed by atoms with E-state index in [1.54, 1.807) is 23.5 Å². The Morgan fingerprint density at radius 3 is 2.81 bits per heavy atom. The van der Waals surface area contributed by atoms with Crippen LogP contribution in [0.4, 0.5) is 15.2 Å². The van der Waals surface area contributed by atoms with Crippen molar-refractivity contribution in [2.75, 3.05) is 36.5 Å². The summed E-state index contributed by atoms with van der Waals surface area (Å²) in [6.45, 7) is 3.06. The predicted octanol–water partition coefficient (Wildman–Crippen LogP) is 4.29. The van der Waals surface area contributed by atoms with Crippen LogP contribution >= 0.6 is 27.3 Å². The first-order chi connectivity index (χ1) is 12.6. The van der Waals surface area contributed by atoms with Gasteiger partial charge in [-0.15, -0.1) is 0 Å². The third-order valence-electron chi connectivity index (χ3n) is 4.09. The van der Waals surface area contributed by atoms with Crippen LogP contribution < -0.4 is 10.2 Å². The summed E-state index contributed by atoms with van der Waals surface area (Å²) >= 11 is 4.76. The third kappa shape index (κ3) is 3.58. The van der Waals surface area contributed by atoms with Gasteiger partial charge in [-0.2, -0.15) is 0 Å². The van der Waals surface area contributed by atoms with Gasteiger partial charge < -0.3 is 15.0 Å². The highest BCUT2D eigenvalue weighted by molar-refractivity contribution is 9.10. The van der Waals surface area contributed by atoms with E-state index in [1.807, 2.05) is 12.1 Å². The van der Waals surface area contributed by atoms with Gasteiger partial charge in [-0.25, -0.2) is 9.37 Å². The zero-order chi connectivity index (χ0) is 18.1. The van der Waals surface area contributed by atoms with Gasteiger partial charge in [0.1, 0.15) is 5.82 Å². The Morgan fingerprint density at radius 1 is 1.23 bits per heavy atom. The summed E-state index contributed by atoms with van der Waals surface area (Å²) < 4.78 is 20.9. The van der Waals surface area contributed by atoms with E-state index in [-0.39, 0.29) is 5.56 Å². The van der Waals surface area contributed by atoms with Crippen molar-refractivity contribution in [1.82, 2.24) is 4.98 Å². The maximum atomic E-state index is 14.0. The number of carbonyl (C=O) groups is 1. The van der Waals surface area contributed by atoms with Crippen molar-refractivity contribution >= 4 is 54.2 Å². The first-order valence-electron chi connectivity index (χ1n) is 8.10. The molecule has 0 aliphatic carbocycles. The summed E-state index contributed by atoms with van der Waals surface area (Å²) in [6.07, 6.45) is 0. The van der Waals surface area contributed by atoms with Crippen LogP contribution in [0.2, 0.25) is 0 Å². The molecular formula is C18H15BrFN3O2S. The summed E-state index contributed by atoms with van der Waals surface area (Å²) in [5, 5.41) is 3.70. The molecule has 0 bridgehead atoms. The number of halogens is 2. The van der Waals surface area contributed by atoms with Gasteiger partial charge in [-0.05, 0) is 36.4 Å². The quantitative estimate of drug-likeness (QED) is 0.666. The van der Waals surface area contributed by atoms with E-state index >= 15 is 0 Å². The third-order valence-corrected chi connectivity index (χ3v) is 5.66. The zero-order valence-corrected chi connectivity index (χ0v) is 16.1. The molecule has 5 nitrogen and oxygen atoms in total. The van der Waals surface area contributed by atoms with Gasteiger partial charge in [0.2, 0.25) is 0 Å².